The normalized spacial score (nSPS) is 16.2. The van der Waals surface area contributed by atoms with Crippen LogP contribution in [0.2, 0.25) is 0 Å². The van der Waals surface area contributed by atoms with E-state index >= 15 is 0 Å². The number of nitrogens with one attached hydrogen (secondary N) is 1. The fourth-order valence-electron chi connectivity index (χ4n) is 3.53. The van der Waals surface area contributed by atoms with E-state index < -0.39 is 5.83 Å². The highest BCUT2D eigenvalue weighted by Crippen LogP contribution is 2.16. The molecular formula is C21H26BFN4OS. The van der Waals surface area contributed by atoms with Gasteiger partial charge in [-0.2, -0.15) is 11.3 Å². The SMILES string of the molecule is [B]c1ccc(CNC2CCN(CCn3c(/C=C(/F)C=C)c(N)ccc3=O)CC2)s1. The van der Waals surface area contributed by atoms with E-state index in [1.165, 1.54) is 27.7 Å². The number of rotatable bonds is 8. The Hall–Kier alpha value is -2.16. The van der Waals surface area contributed by atoms with Crippen molar-refractivity contribution < 1.29 is 4.39 Å². The second-order valence-electron chi connectivity index (χ2n) is 7.20. The standard InChI is InChI=1S/C21H26BFN4OS/c1-2-15(23)13-19-18(24)4-6-21(28)27(19)12-11-26-9-7-16(8-10-26)25-14-17-3-5-20(22)29-17/h2-6,13,16,25H,1,7-12,14,24H2/b15-13+. The molecule has 8 heteroatoms. The number of nitrogens with two attached hydrogens (primary N) is 1. The molecule has 3 rings (SSSR count). The first-order valence-corrected chi connectivity index (χ1v) is 10.6. The third-order valence-corrected chi connectivity index (χ3v) is 6.12. The first kappa shape index (κ1) is 21.6. The van der Waals surface area contributed by atoms with Crippen molar-refractivity contribution in [3.05, 3.63) is 63.7 Å². The maximum Gasteiger partial charge on any atom is 0.251 e. The van der Waals surface area contributed by atoms with Gasteiger partial charge in [0, 0.05) is 36.6 Å². The third-order valence-electron chi connectivity index (χ3n) is 5.20. The summed E-state index contributed by atoms with van der Waals surface area (Å²) >= 11 is 1.62. The van der Waals surface area contributed by atoms with Crippen molar-refractivity contribution in [3.63, 3.8) is 0 Å². The van der Waals surface area contributed by atoms with E-state index in [1.807, 2.05) is 6.07 Å². The van der Waals surface area contributed by atoms with Crippen LogP contribution in [0.1, 0.15) is 23.4 Å². The Kier molecular flexibility index (Phi) is 7.47. The van der Waals surface area contributed by atoms with Crippen molar-refractivity contribution in [2.75, 3.05) is 25.4 Å². The zero-order valence-electron chi connectivity index (χ0n) is 16.4. The Balaban J connectivity index is 1.53. The summed E-state index contributed by atoms with van der Waals surface area (Å²) in [6, 6.07) is 7.41. The molecule has 3 N–H and O–H groups in total. The van der Waals surface area contributed by atoms with Gasteiger partial charge in [0.25, 0.3) is 5.56 Å². The molecule has 1 aliphatic rings. The molecule has 1 fully saturated rings. The molecule has 0 aliphatic carbocycles. The van der Waals surface area contributed by atoms with Gasteiger partial charge in [0.15, 0.2) is 0 Å². The summed E-state index contributed by atoms with van der Waals surface area (Å²) in [5.74, 6) is -0.518. The van der Waals surface area contributed by atoms with Crippen LogP contribution in [0.15, 0.2) is 47.5 Å². The monoisotopic (exact) mass is 412 g/mol. The lowest BCUT2D eigenvalue weighted by Gasteiger charge is -2.32. The summed E-state index contributed by atoms with van der Waals surface area (Å²) in [5, 5.41) is 3.60. The Morgan fingerprint density at radius 3 is 2.72 bits per heavy atom. The van der Waals surface area contributed by atoms with Gasteiger partial charge in [-0.05, 0) is 55.0 Å². The quantitative estimate of drug-likeness (QED) is 0.515. The number of likely N-dealkylation sites (tertiary alicyclic amines) is 1. The molecule has 1 aliphatic heterocycles. The van der Waals surface area contributed by atoms with Gasteiger partial charge in [-0.3, -0.25) is 4.79 Å². The number of nitrogen functional groups attached to an aromatic ring is 1. The topological polar surface area (TPSA) is 63.3 Å². The van der Waals surface area contributed by atoms with Crippen molar-refractivity contribution in [1.82, 2.24) is 14.8 Å². The molecule has 2 radical (unpaired) electrons. The fourth-order valence-corrected chi connectivity index (χ4v) is 4.26. The predicted molar refractivity (Wildman–Crippen MR) is 120 cm³/mol. The molecule has 2 aromatic heterocycles. The molecule has 29 heavy (non-hydrogen) atoms. The molecular weight excluding hydrogens is 386 g/mol. The molecule has 1 saturated heterocycles. The number of pyridine rings is 1. The van der Waals surface area contributed by atoms with Gasteiger partial charge in [0.1, 0.15) is 13.7 Å². The number of halogens is 1. The molecule has 0 saturated carbocycles. The van der Waals surface area contributed by atoms with E-state index in [-0.39, 0.29) is 5.56 Å². The number of anilines is 1. The first-order chi connectivity index (χ1) is 14.0. The summed E-state index contributed by atoms with van der Waals surface area (Å²) in [7, 11) is 5.77. The molecule has 0 amide bonds. The average Bonchev–Trinajstić information content (AvgIpc) is 3.14. The van der Waals surface area contributed by atoms with Crippen LogP contribution in [0.4, 0.5) is 10.1 Å². The van der Waals surface area contributed by atoms with E-state index in [2.05, 4.69) is 22.9 Å². The minimum atomic E-state index is -0.518. The molecule has 0 atom stereocenters. The van der Waals surface area contributed by atoms with Crippen LogP contribution in [-0.2, 0) is 13.1 Å². The van der Waals surface area contributed by atoms with Gasteiger partial charge >= 0.3 is 0 Å². The van der Waals surface area contributed by atoms with Crippen LogP contribution in [0, 0.1) is 0 Å². The molecule has 0 spiro atoms. The van der Waals surface area contributed by atoms with Crippen molar-refractivity contribution >= 4 is 35.7 Å². The number of hydrogen-bond acceptors (Lipinski definition) is 5. The smallest absolute Gasteiger partial charge is 0.251 e. The highest BCUT2D eigenvalue weighted by molar-refractivity contribution is 7.20. The Morgan fingerprint density at radius 2 is 2.07 bits per heavy atom. The van der Waals surface area contributed by atoms with Gasteiger partial charge in [-0.1, -0.05) is 12.6 Å². The number of nitrogens with zero attached hydrogens (tertiary/aromatic N) is 2. The molecule has 0 unspecified atom stereocenters. The van der Waals surface area contributed by atoms with Crippen LogP contribution >= 0.6 is 11.3 Å². The van der Waals surface area contributed by atoms with Gasteiger partial charge < -0.3 is 20.5 Å². The lowest BCUT2D eigenvalue weighted by atomic mass is 10.0. The van der Waals surface area contributed by atoms with E-state index in [9.17, 15) is 9.18 Å². The maximum atomic E-state index is 13.7. The van der Waals surface area contributed by atoms with Crippen LogP contribution in [0.5, 0.6) is 0 Å². The Morgan fingerprint density at radius 1 is 1.31 bits per heavy atom. The van der Waals surface area contributed by atoms with Gasteiger partial charge in [-0.15, -0.1) is 0 Å². The van der Waals surface area contributed by atoms with Gasteiger partial charge in [-0.25, -0.2) is 4.39 Å². The van der Waals surface area contributed by atoms with Crippen LogP contribution in [0.3, 0.4) is 0 Å². The van der Waals surface area contributed by atoms with Gasteiger partial charge in [0.05, 0.1) is 11.4 Å². The molecule has 2 aromatic rings. The average molecular weight is 412 g/mol. The van der Waals surface area contributed by atoms with E-state index in [0.29, 0.717) is 30.5 Å². The largest absolute Gasteiger partial charge is 0.397 e. The minimum absolute atomic E-state index is 0.186. The van der Waals surface area contributed by atoms with Crippen molar-refractivity contribution in [2.24, 2.45) is 0 Å². The lowest BCUT2D eigenvalue weighted by molar-refractivity contribution is 0.190. The number of piperidine rings is 1. The summed E-state index contributed by atoms with van der Waals surface area (Å²) in [6.45, 7) is 7.34. The molecule has 0 aromatic carbocycles. The van der Waals surface area contributed by atoms with E-state index in [0.717, 1.165) is 43.3 Å². The minimum Gasteiger partial charge on any atom is -0.397 e. The third kappa shape index (κ3) is 5.91. The highest BCUT2D eigenvalue weighted by Gasteiger charge is 2.19. The maximum absolute atomic E-state index is 13.7. The fraction of sp³-hybridized carbons (Fsp3) is 0.381. The number of aromatic nitrogens is 1. The van der Waals surface area contributed by atoms with Crippen LogP contribution < -0.4 is 21.4 Å². The van der Waals surface area contributed by atoms with Crippen LogP contribution in [0.25, 0.3) is 6.08 Å². The zero-order valence-corrected chi connectivity index (χ0v) is 17.3. The predicted octanol–water partition coefficient (Wildman–Crippen LogP) is 2.04. The molecule has 0 bridgehead atoms. The number of thiophene rings is 1. The van der Waals surface area contributed by atoms with Crippen molar-refractivity contribution in [2.45, 2.75) is 32.0 Å². The second kappa shape index (κ2) is 10.0. The zero-order chi connectivity index (χ0) is 20.8. The molecule has 152 valence electrons. The van der Waals surface area contributed by atoms with Gasteiger partial charge in [0.2, 0.25) is 0 Å². The first-order valence-electron chi connectivity index (χ1n) is 9.75. The van der Waals surface area contributed by atoms with E-state index in [4.69, 9.17) is 13.6 Å². The Bertz CT molecular complexity index is 931. The lowest BCUT2D eigenvalue weighted by Crippen LogP contribution is -2.43. The molecule has 3 heterocycles. The van der Waals surface area contributed by atoms with Crippen molar-refractivity contribution in [1.29, 1.82) is 0 Å². The number of hydrogen-bond donors (Lipinski definition) is 2. The number of allylic oxidation sites excluding steroid dienone is 2. The van der Waals surface area contributed by atoms with Crippen LogP contribution in [-0.4, -0.2) is 43.0 Å². The van der Waals surface area contributed by atoms with E-state index in [1.54, 1.807) is 11.3 Å². The van der Waals surface area contributed by atoms with Crippen molar-refractivity contribution in [3.8, 4) is 0 Å². The highest BCUT2D eigenvalue weighted by atomic mass is 32.1. The summed E-state index contributed by atoms with van der Waals surface area (Å²) in [5.41, 5.74) is 6.55. The summed E-state index contributed by atoms with van der Waals surface area (Å²) in [6.07, 6.45) is 4.45. The second-order valence-corrected chi connectivity index (χ2v) is 8.40. The summed E-state index contributed by atoms with van der Waals surface area (Å²) in [4.78, 5) is 15.9. The summed E-state index contributed by atoms with van der Waals surface area (Å²) < 4.78 is 16.1. The Labute approximate surface area is 176 Å². The molecule has 5 nitrogen and oxygen atoms in total.